The molecular weight excluding hydrogens is 284 g/mol. The second-order valence-corrected chi connectivity index (χ2v) is 6.66. The summed E-state index contributed by atoms with van der Waals surface area (Å²) in [5, 5.41) is 4.10. The van der Waals surface area contributed by atoms with E-state index in [1.165, 1.54) is 31.7 Å². The first-order chi connectivity index (χ1) is 8.93. The van der Waals surface area contributed by atoms with E-state index >= 15 is 0 Å². The minimum absolute atomic E-state index is 0.0480. The molecule has 2 rings (SSSR count). The first kappa shape index (κ1) is 15.1. The second kappa shape index (κ2) is 5.99. The molecule has 1 fully saturated rings. The van der Waals surface area contributed by atoms with Crippen LogP contribution in [-0.2, 0) is 0 Å². The molecule has 0 amide bonds. The number of hydrogen-bond acceptors (Lipinski definition) is 1. The quantitative estimate of drug-likeness (QED) is 0.738. The van der Waals surface area contributed by atoms with Gasteiger partial charge in [0.1, 0.15) is 5.82 Å². The van der Waals surface area contributed by atoms with Crippen molar-refractivity contribution in [3.05, 3.63) is 33.6 Å². The largest absolute Gasteiger partial charge is 0.310 e. The van der Waals surface area contributed by atoms with Gasteiger partial charge in [0.2, 0.25) is 0 Å². The Morgan fingerprint density at radius 3 is 2.58 bits per heavy atom. The molecule has 4 heteroatoms. The fourth-order valence-corrected chi connectivity index (χ4v) is 3.54. The molecule has 0 radical (unpaired) electrons. The van der Waals surface area contributed by atoms with Gasteiger partial charge in [-0.2, -0.15) is 0 Å². The van der Waals surface area contributed by atoms with E-state index < -0.39 is 5.82 Å². The summed E-state index contributed by atoms with van der Waals surface area (Å²) in [5.74, 6) is -0.415. The Kier molecular flexibility index (Phi) is 4.75. The molecule has 0 aromatic heterocycles. The Morgan fingerprint density at radius 2 is 1.95 bits per heavy atom. The van der Waals surface area contributed by atoms with E-state index in [2.05, 4.69) is 12.2 Å². The van der Waals surface area contributed by atoms with E-state index in [1.807, 2.05) is 6.92 Å². The van der Waals surface area contributed by atoms with Crippen LogP contribution in [-0.4, -0.2) is 6.54 Å². The first-order valence-corrected chi connectivity index (χ1v) is 7.55. The molecule has 19 heavy (non-hydrogen) atoms. The fraction of sp³-hybridized carbons (Fsp3) is 0.600. The SMILES string of the molecule is CC(NCC1(C)CCCC1)c1c(Cl)ccc(F)c1Cl. The molecule has 1 nitrogen and oxygen atoms in total. The molecule has 0 bridgehead atoms. The van der Waals surface area contributed by atoms with Gasteiger partial charge in [-0.3, -0.25) is 0 Å². The van der Waals surface area contributed by atoms with Gasteiger partial charge >= 0.3 is 0 Å². The zero-order chi connectivity index (χ0) is 14.0. The summed E-state index contributed by atoms with van der Waals surface area (Å²) in [6.45, 7) is 5.19. The predicted molar refractivity (Wildman–Crippen MR) is 79.4 cm³/mol. The molecule has 1 atom stereocenters. The highest BCUT2D eigenvalue weighted by molar-refractivity contribution is 6.36. The summed E-state index contributed by atoms with van der Waals surface area (Å²) in [7, 11) is 0. The van der Waals surface area contributed by atoms with Crippen LogP contribution in [0.25, 0.3) is 0 Å². The number of rotatable bonds is 4. The number of halogens is 3. The summed E-state index contributed by atoms with van der Waals surface area (Å²) in [4.78, 5) is 0. The van der Waals surface area contributed by atoms with Gasteiger partial charge in [0, 0.05) is 23.2 Å². The molecule has 1 N–H and O–H groups in total. The topological polar surface area (TPSA) is 12.0 Å². The van der Waals surface area contributed by atoms with Gasteiger partial charge in [-0.25, -0.2) is 4.39 Å². The van der Waals surface area contributed by atoms with E-state index in [4.69, 9.17) is 23.2 Å². The average Bonchev–Trinajstić information content (AvgIpc) is 2.80. The smallest absolute Gasteiger partial charge is 0.142 e. The Morgan fingerprint density at radius 1 is 1.32 bits per heavy atom. The molecule has 0 saturated heterocycles. The van der Waals surface area contributed by atoms with E-state index in [1.54, 1.807) is 6.07 Å². The van der Waals surface area contributed by atoms with Crippen LogP contribution in [0, 0.1) is 11.2 Å². The Balaban J connectivity index is 2.08. The van der Waals surface area contributed by atoms with Gasteiger partial charge in [0.05, 0.1) is 5.02 Å². The van der Waals surface area contributed by atoms with Crippen molar-refractivity contribution >= 4 is 23.2 Å². The van der Waals surface area contributed by atoms with Crippen LogP contribution < -0.4 is 5.32 Å². The maximum Gasteiger partial charge on any atom is 0.142 e. The molecule has 0 spiro atoms. The standard InChI is InChI=1S/C15H20Cl2FN/c1-10(19-9-15(2)7-3-4-8-15)13-11(16)5-6-12(18)14(13)17/h5-6,10,19H,3-4,7-9H2,1-2H3. The molecule has 0 aliphatic heterocycles. The Hall–Kier alpha value is -0.310. The molecule has 1 aliphatic rings. The number of hydrogen-bond donors (Lipinski definition) is 1. The van der Waals surface area contributed by atoms with Gasteiger partial charge in [-0.05, 0) is 37.3 Å². The lowest BCUT2D eigenvalue weighted by atomic mass is 9.88. The summed E-state index contributed by atoms with van der Waals surface area (Å²) in [6, 6.07) is 2.82. The van der Waals surface area contributed by atoms with Crippen LogP contribution in [0.15, 0.2) is 12.1 Å². The number of nitrogens with one attached hydrogen (secondary N) is 1. The maximum atomic E-state index is 13.5. The van der Waals surface area contributed by atoms with Crippen molar-refractivity contribution in [1.29, 1.82) is 0 Å². The van der Waals surface area contributed by atoms with Gasteiger partial charge < -0.3 is 5.32 Å². The van der Waals surface area contributed by atoms with Crippen LogP contribution in [0.2, 0.25) is 10.0 Å². The van der Waals surface area contributed by atoms with Crippen molar-refractivity contribution in [2.75, 3.05) is 6.54 Å². The normalized spacial score (nSPS) is 19.6. The van der Waals surface area contributed by atoms with E-state index in [9.17, 15) is 4.39 Å². The van der Waals surface area contributed by atoms with Crippen LogP contribution in [0.5, 0.6) is 0 Å². The third-order valence-electron chi connectivity index (χ3n) is 4.16. The first-order valence-electron chi connectivity index (χ1n) is 6.80. The van der Waals surface area contributed by atoms with E-state index in [-0.39, 0.29) is 11.1 Å². The molecule has 1 aliphatic carbocycles. The van der Waals surface area contributed by atoms with E-state index in [0.29, 0.717) is 16.0 Å². The molecule has 0 heterocycles. The van der Waals surface area contributed by atoms with Crippen LogP contribution in [0.1, 0.15) is 51.1 Å². The van der Waals surface area contributed by atoms with Crippen LogP contribution in [0.3, 0.4) is 0 Å². The van der Waals surface area contributed by atoms with Crippen molar-refractivity contribution in [1.82, 2.24) is 5.32 Å². The lowest BCUT2D eigenvalue weighted by Gasteiger charge is -2.27. The van der Waals surface area contributed by atoms with Crippen molar-refractivity contribution in [2.45, 2.75) is 45.6 Å². The lowest BCUT2D eigenvalue weighted by molar-refractivity contribution is 0.302. The minimum atomic E-state index is -0.415. The van der Waals surface area contributed by atoms with Crippen molar-refractivity contribution < 1.29 is 4.39 Å². The number of benzene rings is 1. The fourth-order valence-electron chi connectivity index (χ4n) is 2.85. The van der Waals surface area contributed by atoms with Crippen LogP contribution in [0.4, 0.5) is 4.39 Å². The minimum Gasteiger partial charge on any atom is -0.310 e. The average molecular weight is 304 g/mol. The molecule has 1 unspecified atom stereocenters. The zero-order valence-corrected chi connectivity index (χ0v) is 12.9. The van der Waals surface area contributed by atoms with Gasteiger partial charge in [0.15, 0.2) is 0 Å². The molecule has 1 saturated carbocycles. The highest BCUT2D eigenvalue weighted by atomic mass is 35.5. The third kappa shape index (κ3) is 3.42. The van der Waals surface area contributed by atoms with Gasteiger partial charge in [-0.1, -0.05) is 43.0 Å². The second-order valence-electron chi connectivity index (χ2n) is 5.88. The third-order valence-corrected chi connectivity index (χ3v) is 4.87. The summed E-state index contributed by atoms with van der Waals surface area (Å²) in [5.41, 5.74) is 1.01. The Labute approximate surface area is 124 Å². The van der Waals surface area contributed by atoms with Crippen molar-refractivity contribution in [2.24, 2.45) is 5.41 Å². The highest BCUT2D eigenvalue weighted by Gasteiger charge is 2.29. The highest BCUT2D eigenvalue weighted by Crippen LogP contribution is 2.38. The monoisotopic (exact) mass is 303 g/mol. The van der Waals surface area contributed by atoms with Crippen molar-refractivity contribution in [3.63, 3.8) is 0 Å². The predicted octanol–water partition coefficient (Wildman–Crippen LogP) is 5.36. The molecular formula is C15H20Cl2FN. The van der Waals surface area contributed by atoms with E-state index in [0.717, 1.165) is 6.54 Å². The summed E-state index contributed by atoms with van der Waals surface area (Å²) >= 11 is 12.2. The van der Waals surface area contributed by atoms with Crippen molar-refractivity contribution in [3.8, 4) is 0 Å². The van der Waals surface area contributed by atoms with Gasteiger partial charge in [-0.15, -0.1) is 0 Å². The summed E-state index contributed by atoms with van der Waals surface area (Å²) in [6.07, 6.45) is 5.09. The Bertz CT molecular complexity index is 456. The van der Waals surface area contributed by atoms with Crippen LogP contribution >= 0.6 is 23.2 Å². The summed E-state index contributed by atoms with van der Waals surface area (Å²) < 4.78 is 13.5. The molecule has 106 valence electrons. The maximum absolute atomic E-state index is 13.5. The van der Waals surface area contributed by atoms with Gasteiger partial charge in [0.25, 0.3) is 0 Å². The lowest BCUT2D eigenvalue weighted by Crippen LogP contribution is -2.31. The molecule has 1 aromatic carbocycles. The zero-order valence-electron chi connectivity index (χ0n) is 11.4. The molecule has 1 aromatic rings.